The zero-order valence-corrected chi connectivity index (χ0v) is 19.3. The van der Waals surface area contributed by atoms with Crippen LogP contribution in [-0.2, 0) is 31.3 Å². The summed E-state index contributed by atoms with van der Waals surface area (Å²) in [5.41, 5.74) is 0.688. The second-order valence-corrected chi connectivity index (χ2v) is 11.8. The first-order valence-electron chi connectivity index (χ1n) is 9.50. The molecule has 10 heteroatoms. The van der Waals surface area contributed by atoms with Crippen molar-refractivity contribution in [3.05, 3.63) is 59.1 Å². The lowest BCUT2D eigenvalue weighted by molar-refractivity contribution is 0.0926. The number of nitrogens with zero attached hydrogens (tertiary/aromatic N) is 2. The molecule has 0 saturated carbocycles. The third kappa shape index (κ3) is 5.04. The Bertz CT molecular complexity index is 1080. The molecule has 0 N–H and O–H groups in total. The predicted octanol–water partition coefficient (Wildman–Crippen LogP) is 2.96. The van der Waals surface area contributed by atoms with Crippen molar-refractivity contribution in [3.63, 3.8) is 0 Å². The molecule has 0 bridgehead atoms. The zero-order valence-electron chi connectivity index (χ0n) is 16.9. The van der Waals surface area contributed by atoms with Crippen LogP contribution in [-0.4, -0.2) is 58.8 Å². The van der Waals surface area contributed by atoms with Gasteiger partial charge in [0, 0.05) is 38.8 Å². The Balaban J connectivity index is 1.93. The molecule has 0 radical (unpaired) electrons. The van der Waals surface area contributed by atoms with E-state index in [-0.39, 0.29) is 29.0 Å². The molecular weight excluding hydrogens is 448 g/mol. The van der Waals surface area contributed by atoms with Crippen molar-refractivity contribution in [1.82, 2.24) is 8.61 Å². The van der Waals surface area contributed by atoms with Crippen molar-refractivity contribution >= 4 is 31.6 Å². The monoisotopic (exact) mass is 472 g/mol. The highest BCUT2D eigenvalue weighted by Crippen LogP contribution is 2.26. The molecule has 1 aliphatic rings. The van der Waals surface area contributed by atoms with E-state index < -0.39 is 20.0 Å². The molecule has 1 aliphatic heterocycles. The lowest BCUT2D eigenvalue weighted by atomic mass is 10.2. The molecule has 1 atom stereocenters. The fourth-order valence-corrected chi connectivity index (χ4v) is 5.77. The molecule has 0 unspecified atom stereocenters. The standard InChI is InChI=1S/C20H25ClN2O5S2/c1-22(2)29(24,25)18-9-11-19(12-10-18)30(26,27)23(15-17-7-5-13-28-17)14-16-6-3-4-8-20(16)21/h3-4,6,8-12,17H,5,7,13-15H2,1-2H3/t17-/m1/s1. The smallest absolute Gasteiger partial charge is 0.243 e. The van der Waals surface area contributed by atoms with Gasteiger partial charge in [0.05, 0.1) is 15.9 Å². The van der Waals surface area contributed by atoms with Crippen molar-refractivity contribution in [2.75, 3.05) is 27.2 Å². The molecule has 2 aromatic rings. The Hall–Kier alpha value is -1.49. The van der Waals surface area contributed by atoms with E-state index in [4.69, 9.17) is 16.3 Å². The van der Waals surface area contributed by atoms with Crippen molar-refractivity contribution in [1.29, 1.82) is 0 Å². The number of hydrogen-bond donors (Lipinski definition) is 0. The zero-order chi connectivity index (χ0) is 21.9. The van der Waals surface area contributed by atoms with Crippen LogP contribution in [0.2, 0.25) is 5.02 Å². The van der Waals surface area contributed by atoms with Gasteiger partial charge in [-0.05, 0) is 48.7 Å². The van der Waals surface area contributed by atoms with Gasteiger partial charge < -0.3 is 4.74 Å². The molecule has 0 spiro atoms. The third-order valence-electron chi connectivity index (χ3n) is 4.98. The Morgan fingerprint density at radius 3 is 2.10 bits per heavy atom. The molecule has 0 aliphatic carbocycles. The van der Waals surface area contributed by atoms with Crippen LogP contribution in [0.1, 0.15) is 18.4 Å². The average Bonchev–Trinajstić information content (AvgIpc) is 3.22. The number of rotatable bonds is 8. The van der Waals surface area contributed by atoms with Gasteiger partial charge >= 0.3 is 0 Å². The van der Waals surface area contributed by atoms with Crippen LogP contribution in [0.3, 0.4) is 0 Å². The molecule has 7 nitrogen and oxygen atoms in total. The van der Waals surface area contributed by atoms with E-state index in [9.17, 15) is 16.8 Å². The van der Waals surface area contributed by atoms with Crippen LogP contribution in [0.5, 0.6) is 0 Å². The first-order valence-corrected chi connectivity index (χ1v) is 12.8. The van der Waals surface area contributed by atoms with E-state index in [1.807, 2.05) is 0 Å². The SMILES string of the molecule is CN(C)S(=O)(=O)c1ccc(S(=O)(=O)N(Cc2ccccc2Cl)C[C@H]2CCCO2)cc1. The maximum Gasteiger partial charge on any atom is 0.243 e. The molecule has 1 heterocycles. The summed E-state index contributed by atoms with van der Waals surface area (Å²) in [4.78, 5) is 0.0495. The summed E-state index contributed by atoms with van der Waals surface area (Å²) in [5, 5.41) is 0.484. The van der Waals surface area contributed by atoms with Gasteiger partial charge in [-0.1, -0.05) is 29.8 Å². The minimum atomic E-state index is -3.90. The summed E-state index contributed by atoms with van der Waals surface area (Å²) in [7, 11) is -4.70. The Kier molecular flexibility index (Phi) is 7.21. The summed E-state index contributed by atoms with van der Waals surface area (Å²) in [6.07, 6.45) is 1.49. The number of ether oxygens (including phenoxy) is 1. The summed E-state index contributed by atoms with van der Waals surface area (Å²) in [6, 6.07) is 12.3. The van der Waals surface area contributed by atoms with Gasteiger partial charge in [-0.3, -0.25) is 0 Å². The lowest BCUT2D eigenvalue weighted by Gasteiger charge is -2.25. The van der Waals surface area contributed by atoms with Crippen molar-refractivity contribution in [2.24, 2.45) is 0 Å². The fourth-order valence-electron chi connectivity index (χ4n) is 3.22. The van der Waals surface area contributed by atoms with Crippen molar-refractivity contribution in [2.45, 2.75) is 35.3 Å². The largest absolute Gasteiger partial charge is 0.377 e. The highest BCUT2D eigenvalue weighted by molar-refractivity contribution is 7.89. The summed E-state index contributed by atoms with van der Waals surface area (Å²) in [6.45, 7) is 0.909. The summed E-state index contributed by atoms with van der Waals surface area (Å²) in [5.74, 6) is 0. The predicted molar refractivity (Wildman–Crippen MR) is 115 cm³/mol. The number of benzene rings is 2. The van der Waals surface area contributed by atoms with E-state index in [1.165, 1.54) is 42.7 Å². The molecule has 1 fully saturated rings. The van der Waals surface area contributed by atoms with Gasteiger partial charge in [0.2, 0.25) is 20.0 Å². The molecule has 2 aromatic carbocycles. The van der Waals surface area contributed by atoms with E-state index in [2.05, 4.69) is 0 Å². The second-order valence-electron chi connectivity index (χ2n) is 7.28. The molecule has 164 valence electrons. The number of hydrogen-bond acceptors (Lipinski definition) is 5. The third-order valence-corrected chi connectivity index (χ3v) is 9.00. The second kappa shape index (κ2) is 9.33. The topological polar surface area (TPSA) is 84.0 Å². The van der Waals surface area contributed by atoms with Crippen molar-refractivity contribution < 1.29 is 21.6 Å². The van der Waals surface area contributed by atoms with Gasteiger partial charge in [-0.15, -0.1) is 0 Å². The van der Waals surface area contributed by atoms with Gasteiger partial charge in [0.25, 0.3) is 0 Å². The van der Waals surface area contributed by atoms with Gasteiger partial charge in [0.15, 0.2) is 0 Å². The molecule has 0 aromatic heterocycles. The highest BCUT2D eigenvalue weighted by Gasteiger charge is 2.30. The van der Waals surface area contributed by atoms with Gasteiger partial charge in [0.1, 0.15) is 0 Å². The first-order chi connectivity index (χ1) is 14.1. The Labute approximate surface area is 183 Å². The van der Waals surface area contributed by atoms with E-state index in [0.29, 0.717) is 17.2 Å². The average molecular weight is 473 g/mol. The minimum Gasteiger partial charge on any atom is -0.377 e. The van der Waals surface area contributed by atoms with Gasteiger partial charge in [-0.2, -0.15) is 4.31 Å². The number of sulfonamides is 2. The fraction of sp³-hybridized carbons (Fsp3) is 0.400. The molecule has 1 saturated heterocycles. The molecule has 0 amide bonds. The Morgan fingerprint density at radius 1 is 0.967 bits per heavy atom. The van der Waals surface area contributed by atoms with Crippen LogP contribution < -0.4 is 0 Å². The first kappa shape index (κ1) is 23.2. The summed E-state index contributed by atoms with van der Waals surface area (Å²) < 4.78 is 59.4. The quantitative estimate of drug-likeness (QED) is 0.589. The number of halogens is 1. The van der Waals surface area contributed by atoms with E-state index in [0.717, 1.165) is 17.1 Å². The van der Waals surface area contributed by atoms with Crippen LogP contribution >= 0.6 is 11.6 Å². The summed E-state index contributed by atoms with van der Waals surface area (Å²) >= 11 is 6.26. The van der Waals surface area contributed by atoms with Crippen LogP contribution in [0, 0.1) is 0 Å². The minimum absolute atomic E-state index is 0.0188. The lowest BCUT2D eigenvalue weighted by Crippen LogP contribution is -2.37. The van der Waals surface area contributed by atoms with Crippen LogP contribution in [0.15, 0.2) is 58.3 Å². The molecule has 3 rings (SSSR count). The maximum atomic E-state index is 13.4. The van der Waals surface area contributed by atoms with E-state index in [1.54, 1.807) is 24.3 Å². The van der Waals surface area contributed by atoms with Crippen molar-refractivity contribution in [3.8, 4) is 0 Å². The van der Waals surface area contributed by atoms with Gasteiger partial charge in [-0.25, -0.2) is 21.1 Å². The highest BCUT2D eigenvalue weighted by atomic mass is 35.5. The van der Waals surface area contributed by atoms with Crippen LogP contribution in [0.4, 0.5) is 0 Å². The normalized spacial score (nSPS) is 17.7. The van der Waals surface area contributed by atoms with Crippen LogP contribution in [0.25, 0.3) is 0 Å². The van der Waals surface area contributed by atoms with E-state index >= 15 is 0 Å². The maximum absolute atomic E-state index is 13.4. The molecule has 30 heavy (non-hydrogen) atoms. The molecular formula is C20H25ClN2O5S2. The Morgan fingerprint density at radius 2 is 1.57 bits per heavy atom.